The lowest BCUT2D eigenvalue weighted by Crippen LogP contribution is -2.11. The lowest BCUT2D eigenvalue weighted by Gasteiger charge is -2.07. The van der Waals surface area contributed by atoms with E-state index in [2.05, 4.69) is 19.6 Å². The molecule has 1 aromatic rings. The first-order chi connectivity index (χ1) is 8.33. The topological polar surface area (TPSA) is 27.7 Å². The molecule has 0 aliphatic heterocycles. The largest absolute Gasteiger partial charge is 0.491 e. The monoisotopic (exact) mass is 256 g/mol. The van der Waals surface area contributed by atoms with Gasteiger partial charge in [-0.2, -0.15) is 12.6 Å². The molecule has 0 saturated carbocycles. The van der Waals surface area contributed by atoms with Crippen molar-refractivity contribution < 1.29 is 14.2 Å². The summed E-state index contributed by atoms with van der Waals surface area (Å²) in [5.41, 5.74) is 1.23. The van der Waals surface area contributed by atoms with Crippen LogP contribution in [0.25, 0.3) is 0 Å². The van der Waals surface area contributed by atoms with E-state index in [-0.39, 0.29) is 0 Å². The lowest BCUT2D eigenvalue weighted by atomic mass is 10.2. The molecule has 0 aliphatic carbocycles. The summed E-state index contributed by atoms with van der Waals surface area (Å²) in [6, 6.07) is 7.99. The molecular weight excluding hydrogens is 236 g/mol. The molecule has 1 aromatic carbocycles. The molecule has 0 amide bonds. The second-order valence-corrected chi connectivity index (χ2v) is 4.06. The van der Waals surface area contributed by atoms with E-state index >= 15 is 0 Å². The molecule has 0 atom stereocenters. The fourth-order valence-electron chi connectivity index (χ4n) is 1.24. The second kappa shape index (κ2) is 9.33. The Morgan fingerprint density at radius 2 is 1.47 bits per heavy atom. The van der Waals surface area contributed by atoms with Gasteiger partial charge in [-0.3, -0.25) is 0 Å². The molecule has 0 aliphatic rings. The fraction of sp³-hybridized carbons (Fsp3) is 0.538. The highest BCUT2D eigenvalue weighted by atomic mass is 32.1. The Hall–Kier alpha value is -0.710. The molecule has 3 nitrogen and oxygen atoms in total. The minimum atomic E-state index is 0.565. The first kappa shape index (κ1) is 14.4. The molecule has 0 saturated heterocycles. The Labute approximate surface area is 108 Å². The smallest absolute Gasteiger partial charge is 0.119 e. The Bertz CT molecular complexity index is 287. The lowest BCUT2D eigenvalue weighted by molar-refractivity contribution is 0.0413. The third-order valence-corrected chi connectivity index (χ3v) is 2.31. The quantitative estimate of drug-likeness (QED) is 0.543. The maximum absolute atomic E-state index is 5.51. The average molecular weight is 256 g/mol. The molecule has 0 aromatic heterocycles. The van der Waals surface area contributed by atoms with Crippen molar-refractivity contribution in [1.82, 2.24) is 0 Å². The summed E-state index contributed by atoms with van der Waals surface area (Å²) in [4.78, 5) is 0. The molecule has 17 heavy (non-hydrogen) atoms. The molecule has 0 N–H and O–H groups in total. The molecule has 1 rings (SSSR count). The van der Waals surface area contributed by atoms with Crippen molar-refractivity contribution in [3.05, 3.63) is 29.8 Å². The highest BCUT2D eigenvalue weighted by Crippen LogP contribution is 2.10. The van der Waals surface area contributed by atoms with E-state index in [0.29, 0.717) is 33.0 Å². The van der Waals surface area contributed by atoms with E-state index in [1.807, 2.05) is 24.3 Å². The minimum Gasteiger partial charge on any atom is -0.491 e. The normalized spacial score (nSPS) is 10.5. The van der Waals surface area contributed by atoms with Gasteiger partial charge in [-0.1, -0.05) is 17.7 Å². The van der Waals surface area contributed by atoms with Gasteiger partial charge in [0, 0.05) is 5.75 Å². The summed E-state index contributed by atoms with van der Waals surface area (Å²) in [5, 5.41) is 0. The zero-order valence-electron chi connectivity index (χ0n) is 10.2. The van der Waals surface area contributed by atoms with Crippen LogP contribution >= 0.6 is 12.6 Å². The summed E-state index contributed by atoms with van der Waals surface area (Å²) in [6.45, 7) is 5.09. The first-order valence-corrected chi connectivity index (χ1v) is 6.42. The number of hydrogen-bond acceptors (Lipinski definition) is 4. The number of benzene rings is 1. The molecule has 0 bridgehead atoms. The van der Waals surface area contributed by atoms with Crippen LogP contribution < -0.4 is 4.74 Å². The van der Waals surface area contributed by atoms with Gasteiger partial charge < -0.3 is 14.2 Å². The number of hydrogen-bond donors (Lipinski definition) is 1. The first-order valence-electron chi connectivity index (χ1n) is 5.79. The van der Waals surface area contributed by atoms with Gasteiger partial charge in [0.15, 0.2) is 0 Å². The fourth-order valence-corrected chi connectivity index (χ4v) is 1.37. The SMILES string of the molecule is Cc1ccc(OCCOCCOCCS)cc1. The van der Waals surface area contributed by atoms with E-state index in [4.69, 9.17) is 14.2 Å². The maximum atomic E-state index is 5.51. The number of thiol groups is 1. The van der Waals surface area contributed by atoms with Crippen molar-refractivity contribution in [2.24, 2.45) is 0 Å². The van der Waals surface area contributed by atoms with Crippen LogP contribution in [0.5, 0.6) is 5.75 Å². The highest BCUT2D eigenvalue weighted by Gasteiger charge is 1.93. The predicted octanol–water partition coefficient (Wildman–Crippen LogP) is 2.34. The van der Waals surface area contributed by atoms with Crippen molar-refractivity contribution in [3.63, 3.8) is 0 Å². The van der Waals surface area contributed by atoms with Gasteiger partial charge in [0.05, 0.1) is 26.4 Å². The molecule has 96 valence electrons. The van der Waals surface area contributed by atoms with Crippen LogP contribution in [0, 0.1) is 6.92 Å². The van der Waals surface area contributed by atoms with Crippen molar-refractivity contribution in [2.75, 3.05) is 38.8 Å². The number of aryl methyl sites for hydroxylation is 1. The minimum absolute atomic E-state index is 0.565. The van der Waals surface area contributed by atoms with Gasteiger partial charge in [-0.15, -0.1) is 0 Å². The molecular formula is C13H20O3S. The Kier molecular flexibility index (Phi) is 7.88. The Morgan fingerprint density at radius 3 is 2.12 bits per heavy atom. The molecule has 0 spiro atoms. The summed E-state index contributed by atoms with van der Waals surface area (Å²) < 4.78 is 16.1. The van der Waals surface area contributed by atoms with Crippen molar-refractivity contribution >= 4 is 12.6 Å². The van der Waals surface area contributed by atoms with Crippen LogP contribution in [0.2, 0.25) is 0 Å². The van der Waals surface area contributed by atoms with Crippen LogP contribution in [0.1, 0.15) is 5.56 Å². The molecule has 4 heteroatoms. The standard InChI is InChI=1S/C13H20O3S/c1-12-2-4-13(5-3-12)16-9-8-14-6-7-15-10-11-17/h2-5,17H,6-11H2,1H3. The molecule has 0 heterocycles. The summed E-state index contributed by atoms with van der Waals surface area (Å²) >= 11 is 4.04. The molecule has 0 fully saturated rings. The third-order valence-electron chi connectivity index (χ3n) is 2.13. The van der Waals surface area contributed by atoms with E-state index in [1.54, 1.807) is 0 Å². The van der Waals surface area contributed by atoms with Crippen LogP contribution in [0.15, 0.2) is 24.3 Å². The molecule has 0 unspecified atom stereocenters. The van der Waals surface area contributed by atoms with E-state index in [9.17, 15) is 0 Å². The number of rotatable bonds is 9. The average Bonchev–Trinajstić information content (AvgIpc) is 2.35. The number of ether oxygens (including phenoxy) is 3. The van der Waals surface area contributed by atoms with E-state index < -0.39 is 0 Å². The van der Waals surface area contributed by atoms with Crippen LogP contribution in [-0.2, 0) is 9.47 Å². The zero-order valence-corrected chi connectivity index (χ0v) is 11.1. The summed E-state index contributed by atoms with van der Waals surface area (Å²) in [5.74, 6) is 1.63. The Morgan fingerprint density at radius 1 is 0.882 bits per heavy atom. The van der Waals surface area contributed by atoms with Crippen LogP contribution in [0.4, 0.5) is 0 Å². The van der Waals surface area contributed by atoms with Gasteiger partial charge in [-0.05, 0) is 19.1 Å². The van der Waals surface area contributed by atoms with Gasteiger partial charge in [0.25, 0.3) is 0 Å². The van der Waals surface area contributed by atoms with E-state index in [1.165, 1.54) is 5.56 Å². The van der Waals surface area contributed by atoms with Gasteiger partial charge in [-0.25, -0.2) is 0 Å². The third kappa shape index (κ3) is 7.26. The summed E-state index contributed by atoms with van der Waals surface area (Å²) in [6.07, 6.45) is 0. The van der Waals surface area contributed by atoms with E-state index in [0.717, 1.165) is 11.5 Å². The van der Waals surface area contributed by atoms with Crippen molar-refractivity contribution in [2.45, 2.75) is 6.92 Å². The predicted molar refractivity (Wildman–Crippen MR) is 72.2 cm³/mol. The molecule has 0 radical (unpaired) electrons. The Balaban J connectivity index is 1.95. The van der Waals surface area contributed by atoms with Gasteiger partial charge in [0.1, 0.15) is 12.4 Å². The summed E-state index contributed by atoms with van der Waals surface area (Å²) in [7, 11) is 0. The van der Waals surface area contributed by atoms with Gasteiger partial charge >= 0.3 is 0 Å². The van der Waals surface area contributed by atoms with Gasteiger partial charge in [0.2, 0.25) is 0 Å². The zero-order chi connectivity index (χ0) is 12.3. The van der Waals surface area contributed by atoms with Crippen molar-refractivity contribution in [3.8, 4) is 5.75 Å². The second-order valence-electron chi connectivity index (χ2n) is 3.61. The highest BCUT2D eigenvalue weighted by molar-refractivity contribution is 7.80. The maximum Gasteiger partial charge on any atom is 0.119 e. The van der Waals surface area contributed by atoms with Crippen LogP contribution in [0.3, 0.4) is 0 Å². The van der Waals surface area contributed by atoms with Crippen LogP contribution in [-0.4, -0.2) is 38.8 Å². The van der Waals surface area contributed by atoms with Crippen molar-refractivity contribution in [1.29, 1.82) is 0 Å².